The van der Waals surface area contributed by atoms with E-state index in [4.69, 9.17) is 10.6 Å². The molecule has 1 atom stereocenters. The summed E-state index contributed by atoms with van der Waals surface area (Å²) in [6, 6.07) is 4.97. The molecule has 0 spiro atoms. The Hall–Kier alpha value is -1.31. The van der Waals surface area contributed by atoms with Crippen molar-refractivity contribution in [1.82, 2.24) is 5.43 Å². The fourth-order valence-corrected chi connectivity index (χ4v) is 1.96. The van der Waals surface area contributed by atoms with Gasteiger partial charge in [0, 0.05) is 6.42 Å². The maximum Gasteiger partial charge on any atom is 0.411 e. The number of benzene rings is 1. The molecule has 1 heterocycles. The molecule has 2 rings (SSSR count). The Bertz CT molecular complexity index is 437. The predicted octanol–water partition coefficient (Wildman–Crippen LogP) is 1.70. The Labute approximate surface area is 108 Å². The molecule has 0 bridgehead atoms. The Morgan fingerprint density at radius 1 is 1.42 bits per heavy atom. The van der Waals surface area contributed by atoms with Crippen molar-refractivity contribution in [2.75, 3.05) is 19.8 Å². The molecule has 0 fully saturated rings. The minimum Gasteiger partial charge on any atom is -0.493 e. The molecule has 1 aliphatic rings. The third kappa shape index (κ3) is 3.82. The molecular formula is C12H15F3N2O2. The minimum atomic E-state index is -4.33. The van der Waals surface area contributed by atoms with Crippen molar-refractivity contribution >= 4 is 0 Å². The van der Waals surface area contributed by atoms with Gasteiger partial charge in [0.2, 0.25) is 0 Å². The van der Waals surface area contributed by atoms with Gasteiger partial charge in [0.1, 0.15) is 12.4 Å². The smallest absolute Gasteiger partial charge is 0.411 e. The second-order valence-corrected chi connectivity index (χ2v) is 4.32. The SMILES string of the molecule is NNC(COCC(F)(F)F)c1ccc2c(c1)CCO2. The molecule has 7 heteroatoms. The number of nitrogens with two attached hydrogens (primary N) is 1. The van der Waals surface area contributed by atoms with Crippen molar-refractivity contribution in [2.24, 2.45) is 5.84 Å². The van der Waals surface area contributed by atoms with E-state index in [2.05, 4.69) is 10.2 Å². The lowest BCUT2D eigenvalue weighted by Crippen LogP contribution is -2.32. The van der Waals surface area contributed by atoms with Crippen LogP contribution in [0.3, 0.4) is 0 Å². The number of alkyl halides is 3. The monoisotopic (exact) mass is 276 g/mol. The standard InChI is InChI=1S/C12H15F3N2O2/c13-12(14,15)7-18-6-10(17-16)8-1-2-11-9(5-8)3-4-19-11/h1-2,5,10,17H,3-4,6-7,16H2. The van der Waals surface area contributed by atoms with E-state index in [0.29, 0.717) is 6.61 Å². The van der Waals surface area contributed by atoms with Gasteiger partial charge in [0.15, 0.2) is 0 Å². The van der Waals surface area contributed by atoms with Crippen LogP contribution in [0.15, 0.2) is 18.2 Å². The van der Waals surface area contributed by atoms with Crippen LogP contribution in [0.4, 0.5) is 13.2 Å². The normalized spacial score (nSPS) is 16.0. The van der Waals surface area contributed by atoms with Gasteiger partial charge >= 0.3 is 6.18 Å². The Morgan fingerprint density at radius 2 is 2.21 bits per heavy atom. The number of fused-ring (bicyclic) bond motifs is 1. The first kappa shape index (κ1) is 14.1. The molecule has 0 aliphatic carbocycles. The van der Waals surface area contributed by atoms with Crippen LogP contribution in [0, 0.1) is 0 Å². The number of hydrogen-bond donors (Lipinski definition) is 2. The van der Waals surface area contributed by atoms with Crippen LogP contribution >= 0.6 is 0 Å². The van der Waals surface area contributed by atoms with Gasteiger partial charge in [-0.05, 0) is 17.2 Å². The van der Waals surface area contributed by atoms with Crippen LogP contribution in [-0.4, -0.2) is 26.0 Å². The van der Waals surface area contributed by atoms with E-state index in [1.165, 1.54) is 0 Å². The number of nitrogens with one attached hydrogen (secondary N) is 1. The summed E-state index contributed by atoms with van der Waals surface area (Å²) in [6.45, 7) is -0.793. The average Bonchev–Trinajstić information content (AvgIpc) is 2.80. The van der Waals surface area contributed by atoms with Crippen LogP contribution in [0.5, 0.6) is 5.75 Å². The molecule has 0 radical (unpaired) electrons. The van der Waals surface area contributed by atoms with Crippen molar-refractivity contribution < 1.29 is 22.6 Å². The summed E-state index contributed by atoms with van der Waals surface area (Å²) in [4.78, 5) is 0. The van der Waals surface area contributed by atoms with Gasteiger partial charge in [-0.3, -0.25) is 11.3 Å². The zero-order valence-corrected chi connectivity index (χ0v) is 10.2. The van der Waals surface area contributed by atoms with Gasteiger partial charge in [-0.2, -0.15) is 13.2 Å². The van der Waals surface area contributed by atoms with Crippen LogP contribution in [0.1, 0.15) is 17.2 Å². The molecule has 0 saturated heterocycles. The molecule has 3 N–H and O–H groups in total. The highest BCUT2D eigenvalue weighted by Crippen LogP contribution is 2.28. The predicted molar refractivity (Wildman–Crippen MR) is 62.6 cm³/mol. The summed E-state index contributed by atoms with van der Waals surface area (Å²) in [6.07, 6.45) is -3.53. The van der Waals surface area contributed by atoms with Gasteiger partial charge in [-0.25, -0.2) is 0 Å². The van der Waals surface area contributed by atoms with Crippen molar-refractivity contribution in [1.29, 1.82) is 0 Å². The Kier molecular flexibility index (Phi) is 4.28. The summed E-state index contributed by atoms with van der Waals surface area (Å²) in [5, 5.41) is 0. The van der Waals surface area contributed by atoms with Crippen molar-refractivity contribution in [3.63, 3.8) is 0 Å². The molecule has 0 aromatic heterocycles. The number of ether oxygens (including phenoxy) is 2. The second kappa shape index (κ2) is 5.77. The van der Waals surface area contributed by atoms with Gasteiger partial charge in [0.25, 0.3) is 0 Å². The van der Waals surface area contributed by atoms with Crippen molar-refractivity contribution in [3.8, 4) is 5.75 Å². The zero-order chi connectivity index (χ0) is 13.9. The highest BCUT2D eigenvalue weighted by atomic mass is 19.4. The summed E-state index contributed by atoms with van der Waals surface area (Å²) < 4.78 is 46.0. The molecule has 1 aromatic carbocycles. The fourth-order valence-electron chi connectivity index (χ4n) is 1.96. The van der Waals surface area contributed by atoms with Gasteiger partial charge in [-0.15, -0.1) is 0 Å². The molecular weight excluding hydrogens is 261 g/mol. The van der Waals surface area contributed by atoms with E-state index in [0.717, 1.165) is 23.3 Å². The third-order valence-electron chi connectivity index (χ3n) is 2.87. The molecule has 0 amide bonds. The fraction of sp³-hybridized carbons (Fsp3) is 0.500. The Balaban J connectivity index is 1.97. The lowest BCUT2D eigenvalue weighted by Gasteiger charge is -2.18. The highest BCUT2D eigenvalue weighted by Gasteiger charge is 2.28. The first-order valence-electron chi connectivity index (χ1n) is 5.86. The van der Waals surface area contributed by atoms with Gasteiger partial charge < -0.3 is 9.47 Å². The highest BCUT2D eigenvalue weighted by molar-refractivity contribution is 5.40. The van der Waals surface area contributed by atoms with E-state index in [1.54, 1.807) is 12.1 Å². The molecule has 4 nitrogen and oxygen atoms in total. The number of hydrogen-bond acceptors (Lipinski definition) is 4. The van der Waals surface area contributed by atoms with E-state index < -0.39 is 18.8 Å². The van der Waals surface area contributed by atoms with Crippen LogP contribution < -0.4 is 16.0 Å². The quantitative estimate of drug-likeness (QED) is 0.635. The Morgan fingerprint density at radius 3 is 2.89 bits per heavy atom. The molecule has 106 valence electrons. The molecule has 19 heavy (non-hydrogen) atoms. The maximum atomic E-state index is 12.0. The lowest BCUT2D eigenvalue weighted by atomic mass is 10.0. The lowest BCUT2D eigenvalue weighted by molar-refractivity contribution is -0.175. The summed E-state index contributed by atoms with van der Waals surface area (Å²) in [7, 11) is 0. The third-order valence-corrected chi connectivity index (χ3v) is 2.87. The van der Waals surface area contributed by atoms with Crippen LogP contribution in [0.2, 0.25) is 0 Å². The average molecular weight is 276 g/mol. The molecule has 1 aliphatic heterocycles. The molecule has 0 saturated carbocycles. The summed E-state index contributed by atoms with van der Waals surface area (Å²) in [5.41, 5.74) is 4.28. The van der Waals surface area contributed by atoms with E-state index in [9.17, 15) is 13.2 Å². The van der Waals surface area contributed by atoms with Crippen LogP contribution in [-0.2, 0) is 11.2 Å². The summed E-state index contributed by atoms with van der Waals surface area (Å²) in [5.74, 6) is 6.17. The number of hydrazine groups is 1. The van der Waals surface area contributed by atoms with Crippen LogP contribution in [0.25, 0.3) is 0 Å². The van der Waals surface area contributed by atoms with E-state index >= 15 is 0 Å². The second-order valence-electron chi connectivity index (χ2n) is 4.32. The van der Waals surface area contributed by atoms with Gasteiger partial charge in [0.05, 0.1) is 19.3 Å². The zero-order valence-electron chi connectivity index (χ0n) is 10.2. The number of halogens is 3. The van der Waals surface area contributed by atoms with E-state index in [-0.39, 0.29) is 6.61 Å². The topological polar surface area (TPSA) is 56.5 Å². The largest absolute Gasteiger partial charge is 0.493 e. The molecule has 1 unspecified atom stereocenters. The maximum absolute atomic E-state index is 12.0. The van der Waals surface area contributed by atoms with Crippen molar-refractivity contribution in [2.45, 2.75) is 18.6 Å². The van der Waals surface area contributed by atoms with E-state index in [1.807, 2.05) is 6.07 Å². The number of rotatable bonds is 5. The van der Waals surface area contributed by atoms with Gasteiger partial charge in [-0.1, -0.05) is 12.1 Å². The summed E-state index contributed by atoms with van der Waals surface area (Å²) >= 11 is 0. The minimum absolute atomic E-state index is 0.143. The first-order valence-corrected chi connectivity index (χ1v) is 5.86. The van der Waals surface area contributed by atoms with Crippen molar-refractivity contribution in [3.05, 3.63) is 29.3 Å². The first-order chi connectivity index (χ1) is 8.99. The molecule has 1 aromatic rings.